The number of carbonyl (C=O) groups is 2. The molecule has 0 saturated carbocycles. The molecule has 0 heterocycles. The summed E-state index contributed by atoms with van der Waals surface area (Å²) in [6.07, 6.45) is 0.773. The maximum Gasteiger partial charge on any atom is 0.340 e. The van der Waals surface area contributed by atoms with Gasteiger partial charge >= 0.3 is 5.97 Å². The lowest BCUT2D eigenvalue weighted by Gasteiger charge is -2.16. The smallest absolute Gasteiger partial charge is 0.340 e. The number of carbonyl (C=O) groups excluding carboxylic acids is 2. The van der Waals surface area contributed by atoms with Crippen molar-refractivity contribution in [1.82, 2.24) is 5.32 Å². The van der Waals surface area contributed by atoms with Crippen LogP contribution in [0, 0.1) is 11.6 Å². The average Bonchev–Trinajstić information content (AvgIpc) is 2.48. The standard InChI is InChI=1S/C14H18F2N2O3/c1-4-7-17-13(19)8(2)18-10-6-5-9(14(20)21-3)11(15)12(10)16/h5-6,8,18H,4,7H2,1-3H3,(H,17,19). The molecule has 0 aromatic heterocycles. The summed E-state index contributed by atoms with van der Waals surface area (Å²) in [7, 11) is 1.08. The molecule has 116 valence electrons. The van der Waals surface area contributed by atoms with Crippen LogP contribution in [0.1, 0.15) is 30.6 Å². The third kappa shape index (κ3) is 4.14. The van der Waals surface area contributed by atoms with Crippen LogP contribution in [-0.2, 0) is 9.53 Å². The number of esters is 1. The SMILES string of the molecule is CCCNC(=O)C(C)Nc1ccc(C(=O)OC)c(F)c1F. The van der Waals surface area contributed by atoms with Crippen molar-refractivity contribution in [3.63, 3.8) is 0 Å². The summed E-state index contributed by atoms with van der Waals surface area (Å²) in [6, 6.07) is 1.55. The Morgan fingerprint density at radius 3 is 2.52 bits per heavy atom. The normalized spacial score (nSPS) is 11.7. The Kier molecular flexibility index (Phi) is 6.08. The first-order chi connectivity index (χ1) is 9.92. The molecule has 1 aromatic carbocycles. The lowest BCUT2D eigenvalue weighted by atomic mass is 10.1. The highest BCUT2D eigenvalue weighted by Crippen LogP contribution is 2.21. The van der Waals surface area contributed by atoms with E-state index in [2.05, 4.69) is 15.4 Å². The van der Waals surface area contributed by atoms with Crippen LogP contribution in [0.5, 0.6) is 0 Å². The third-order valence-electron chi connectivity index (χ3n) is 2.80. The van der Waals surface area contributed by atoms with Crippen LogP contribution >= 0.6 is 0 Å². The van der Waals surface area contributed by atoms with Crippen LogP contribution in [0.3, 0.4) is 0 Å². The molecule has 0 spiro atoms. The van der Waals surface area contributed by atoms with Gasteiger partial charge in [-0.3, -0.25) is 4.79 Å². The number of anilines is 1. The average molecular weight is 300 g/mol. The summed E-state index contributed by atoms with van der Waals surface area (Å²) in [5.41, 5.74) is -0.692. The number of hydrogen-bond donors (Lipinski definition) is 2. The molecule has 0 aliphatic carbocycles. The van der Waals surface area contributed by atoms with Gasteiger partial charge in [-0.05, 0) is 25.5 Å². The molecule has 0 radical (unpaired) electrons. The minimum absolute atomic E-state index is 0.195. The number of rotatable bonds is 6. The molecule has 1 rings (SSSR count). The first-order valence-corrected chi connectivity index (χ1v) is 6.52. The highest BCUT2D eigenvalue weighted by atomic mass is 19.2. The second kappa shape index (κ2) is 7.56. The van der Waals surface area contributed by atoms with Crippen molar-refractivity contribution in [2.75, 3.05) is 19.0 Å². The fraction of sp³-hybridized carbons (Fsp3) is 0.429. The van der Waals surface area contributed by atoms with Gasteiger partial charge in [-0.2, -0.15) is 0 Å². The van der Waals surface area contributed by atoms with Gasteiger partial charge in [0, 0.05) is 6.54 Å². The number of halogens is 2. The predicted molar refractivity (Wildman–Crippen MR) is 74.1 cm³/mol. The van der Waals surface area contributed by atoms with Gasteiger partial charge in [-0.25, -0.2) is 13.6 Å². The minimum Gasteiger partial charge on any atom is -0.465 e. The summed E-state index contributed by atoms with van der Waals surface area (Å²) in [6.45, 7) is 3.93. The summed E-state index contributed by atoms with van der Waals surface area (Å²) in [5.74, 6) is -3.83. The van der Waals surface area contributed by atoms with Gasteiger partial charge in [0.1, 0.15) is 6.04 Å². The summed E-state index contributed by atoms with van der Waals surface area (Å²) in [4.78, 5) is 22.9. The summed E-state index contributed by atoms with van der Waals surface area (Å²) in [5, 5.41) is 5.20. The number of hydrogen-bond acceptors (Lipinski definition) is 4. The Hall–Kier alpha value is -2.18. The van der Waals surface area contributed by atoms with E-state index >= 15 is 0 Å². The Balaban J connectivity index is 2.88. The second-order valence-electron chi connectivity index (χ2n) is 4.44. The third-order valence-corrected chi connectivity index (χ3v) is 2.80. The van der Waals surface area contributed by atoms with Gasteiger partial charge in [-0.15, -0.1) is 0 Å². The van der Waals surface area contributed by atoms with Crippen LogP contribution in [0.15, 0.2) is 12.1 Å². The fourth-order valence-electron chi connectivity index (χ4n) is 1.63. The maximum atomic E-state index is 13.9. The van der Waals surface area contributed by atoms with Crippen LogP contribution < -0.4 is 10.6 Å². The molecule has 2 N–H and O–H groups in total. The Morgan fingerprint density at radius 2 is 1.95 bits per heavy atom. The van der Waals surface area contributed by atoms with Crippen molar-refractivity contribution in [3.8, 4) is 0 Å². The number of amides is 1. The molecule has 1 amide bonds. The number of benzene rings is 1. The molecular weight excluding hydrogens is 282 g/mol. The second-order valence-corrected chi connectivity index (χ2v) is 4.44. The van der Waals surface area contributed by atoms with Gasteiger partial charge in [0.15, 0.2) is 11.6 Å². The van der Waals surface area contributed by atoms with Gasteiger partial charge in [0.25, 0.3) is 0 Å². The van der Waals surface area contributed by atoms with Crippen LogP contribution in [-0.4, -0.2) is 31.6 Å². The number of nitrogens with one attached hydrogen (secondary N) is 2. The van der Waals surface area contributed by atoms with Crippen LogP contribution in [0.4, 0.5) is 14.5 Å². The molecule has 21 heavy (non-hydrogen) atoms. The molecule has 5 nitrogen and oxygen atoms in total. The van der Waals surface area contributed by atoms with E-state index in [9.17, 15) is 18.4 Å². The molecule has 0 aliphatic heterocycles. The van der Waals surface area contributed by atoms with E-state index in [1.807, 2.05) is 6.92 Å². The molecule has 0 bridgehead atoms. The quantitative estimate of drug-likeness (QED) is 0.789. The minimum atomic E-state index is -1.31. The molecular formula is C14H18F2N2O3. The molecule has 1 atom stereocenters. The fourth-order valence-corrected chi connectivity index (χ4v) is 1.63. The lowest BCUT2D eigenvalue weighted by Crippen LogP contribution is -2.38. The first-order valence-electron chi connectivity index (χ1n) is 6.52. The van der Waals surface area contributed by atoms with Crippen LogP contribution in [0.2, 0.25) is 0 Å². The summed E-state index contributed by atoms with van der Waals surface area (Å²) >= 11 is 0. The van der Waals surface area contributed by atoms with E-state index in [4.69, 9.17) is 0 Å². The van der Waals surface area contributed by atoms with Crippen molar-refractivity contribution in [2.45, 2.75) is 26.3 Å². The van der Waals surface area contributed by atoms with E-state index in [1.54, 1.807) is 0 Å². The van der Waals surface area contributed by atoms with Gasteiger partial charge in [0.2, 0.25) is 5.91 Å². The van der Waals surface area contributed by atoms with Crippen LogP contribution in [0.25, 0.3) is 0 Å². The molecule has 1 unspecified atom stereocenters. The number of ether oxygens (including phenoxy) is 1. The van der Waals surface area contributed by atoms with E-state index < -0.39 is 29.2 Å². The van der Waals surface area contributed by atoms with Crippen molar-refractivity contribution in [2.24, 2.45) is 0 Å². The number of methoxy groups -OCH3 is 1. The summed E-state index contributed by atoms with van der Waals surface area (Å²) < 4.78 is 31.9. The molecule has 0 aliphatic rings. The lowest BCUT2D eigenvalue weighted by molar-refractivity contribution is -0.121. The molecule has 0 fully saturated rings. The maximum absolute atomic E-state index is 13.9. The molecule has 1 aromatic rings. The van der Waals surface area contributed by atoms with Crippen molar-refractivity contribution in [3.05, 3.63) is 29.3 Å². The van der Waals surface area contributed by atoms with E-state index in [-0.39, 0.29) is 11.6 Å². The molecule has 0 saturated heterocycles. The van der Waals surface area contributed by atoms with Gasteiger partial charge in [-0.1, -0.05) is 6.92 Å². The zero-order valence-corrected chi connectivity index (χ0v) is 12.1. The molecule has 7 heteroatoms. The van der Waals surface area contributed by atoms with E-state index in [0.717, 1.165) is 19.6 Å². The highest BCUT2D eigenvalue weighted by Gasteiger charge is 2.21. The van der Waals surface area contributed by atoms with Gasteiger partial charge in [0.05, 0.1) is 18.4 Å². The van der Waals surface area contributed by atoms with E-state index in [1.165, 1.54) is 13.0 Å². The zero-order valence-electron chi connectivity index (χ0n) is 12.1. The highest BCUT2D eigenvalue weighted by molar-refractivity contribution is 5.90. The van der Waals surface area contributed by atoms with E-state index in [0.29, 0.717) is 6.54 Å². The monoisotopic (exact) mass is 300 g/mol. The predicted octanol–water partition coefficient (Wildman–Crippen LogP) is 2.08. The van der Waals surface area contributed by atoms with Crippen molar-refractivity contribution < 1.29 is 23.1 Å². The topological polar surface area (TPSA) is 67.4 Å². The first kappa shape index (κ1) is 16.9. The Bertz CT molecular complexity index is 535. The van der Waals surface area contributed by atoms with Crippen molar-refractivity contribution >= 4 is 17.6 Å². The zero-order chi connectivity index (χ0) is 16.0. The Morgan fingerprint density at radius 1 is 1.29 bits per heavy atom. The van der Waals surface area contributed by atoms with Crippen molar-refractivity contribution in [1.29, 1.82) is 0 Å². The largest absolute Gasteiger partial charge is 0.465 e. The van der Waals surface area contributed by atoms with Gasteiger partial charge < -0.3 is 15.4 Å². The Labute approximate surface area is 121 Å².